The van der Waals surface area contributed by atoms with Crippen LogP contribution in [0.4, 0.5) is 28.4 Å². The van der Waals surface area contributed by atoms with Crippen molar-refractivity contribution < 1.29 is 27.6 Å². The van der Waals surface area contributed by atoms with Gasteiger partial charge in [-0.3, -0.25) is 24.7 Å². The summed E-state index contributed by atoms with van der Waals surface area (Å²) in [6, 6.07) is 19.4. The van der Waals surface area contributed by atoms with Gasteiger partial charge in [-0.15, -0.1) is 0 Å². The van der Waals surface area contributed by atoms with Gasteiger partial charge in [0.1, 0.15) is 24.5 Å². The number of aromatic amines is 1. The minimum atomic E-state index is -4.66. The number of carbonyl (C=O) groups is 1. The quantitative estimate of drug-likeness (QED) is 0.0911. The lowest BCUT2D eigenvalue weighted by Crippen LogP contribution is -2.50. The second-order valence-corrected chi connectivity index (χ2v) is 21.5. The monoisotopic (exact) mass is 964 g/mol. The lowest BCUT2D eigenvalue weighted by molar-refractivity contribution is -0.384. The molecule has 1 atom stereocenters. The number of anilines is 4. The molecule has 358 valence electrons. The van der Waals surface area contributed by atoms with E-state index in [2.05, 4.69) is 67.7 Å². The van der Waals surface area contributed by atoms with Crippen LogP contribution in [0.25, 0.3) is 16.6 Å². The van der Waals surface area contributed by atoms with Gasteiger partial charge in [0, 0.05) is 99.9 Å². The Labute approximate surface area is 401 Å². The third kappa shape index (κ3) is 9.56. The molecule has 1 aliphatic carbocycles. The molecule has 10 rings (SSSR count). The Kier molecular flexibility index (Phi) is 12.5. The number of benzene rings is 3. The molecule has 2 aromatic heterocycles. The molecule has 19 heteroatoms. The number of aromatic nitrogens is 2. The number of H-pyrrole nitrogens is 1. The van der Waals surface area contributed by atoms with Gasteiger partial charge in [0.15, 0.2) is 11.4 Å². The summed E-state index contributed by atoms with van der Waals surface area (Å²) in [4.78, 5) is 44.9. The van der Waals surface area contributed by atoms with Crippen LogP contribution in [0.5, 0.6) is 11.6 Å². The lowest BCUT2D eigenvalue weighted by atomic mass is 9.72. The van der Waals surface area contributed by atoms with Crippen molar-refractivity contribution in [3.8, 4) is 11.6 Å². The molecule has 6 heterocycles. The molecule has 0 bridgehead atoms. The Morgan fingerprint density at radius 1 is 0.941 bits per heavy atom. The first-order chi connectivity index (χ1) is 32.7. The van der Waals surface area contributed by atoms with E-state index < -0.39 is 31.4 Å². The fourth-order valence-corrected chi connectivity index (χ4v) is 11.3. The number of sulfonamides is 1. The maximum absolute atomic E-state index is 14.5. The van der Waals surface area contributed by atoms with Crippen LogP contribution in [0.1, 0.15) is 49.0 Å². The van der Waals surface area contributed by atoms with Crippen molar-refractivity contribution in [1.29, 1.82) is 0 Å². The van der Waals surface area contributed by atoms with Crippen LogP contribution in [0, 0.1) is 15.5 Å². The van der Waals surface area contributed by atoms with Gasteiger partial charge >= 0.3 is 0 Å². The first-order valence-corrected chi connectivity index (χ1v) is 25.2. The van der Waals surface area contributed by atoms with E-state index in [0.29, 0.717) is 36.0 Å². The van der Waals surface area contributed by atoms with Gasteiger partial charge < -0.3 is 34.5 Å². The number of nitro benzene ring substituents is 1. The summed E-state index contributed by atoms with van der Waals surface area (Å²) in [7, 11) is -2.59. The topological polar surface area (TPSA) is 182 Å². The molecule has 5 aromatic rings. The van der Waals surface area contributed by atoms with E-state index in [0.717, 1.165) is 100 Å². The van der Waals surface area contributed by atoms with Gasteiger partial charge in [-0.05, 0) is 85.3 Å². The first-order valence-electron chi connectivity index (χ1n) is 23.3. The number of rotatable bonds is 11. The fraction of sp³-hybridized carbons (Fsp3) is 0.429. The molecule has 0 spiro atoms. The van der Waals surface area contributed by atoms with Crippen molar-refractivity contribution in [2.24, 2.45) is 5.41 Å². The number of fused-ring (bicyclic) bond motifs is 3. The third-order valence-corrected chi connectivity index (χ3v) is 15.6. The molecule has 2 fully saturated rings. The zero-order chi connectivity index (χ0) is 47.3. The molecule has 3 aromatic carbocycles. The number of nitro groups is 1. The number of carbonyl (C=O) groups excluding carboxylic acids is 1. The average Bonchev–Trinajstić information content (AvgIpc) is 3.79. The van der Waals surface area contributed by atoms with Crippen molar-refractivity contribution in [2.75, 3.05) is 107 Å². The highest BCUT2D eigenvalue weighted by molar-refractivity contribution is 7.90. The maximum Gasteiger partial charge on any atom is 0.297 e. The van der Waals surface area contributed by atoms with Crippen LogP contribution in [-0.2, 0) is 10.0 Å². The van der Waals surface area contributed by atoms with Crippen LogP contribution in [0.3, 0.4) is 0 Å². The van der Waals surface area contributed by atoms with Gasteiger partial charge in [-0.1, -0.05) is 43.2 Å². The van der Waals surface area contributed by atoms with Gasteiger partial charge in [-0.2, -0.15) is 4.98 Å². The van der Waals surface area contributed by atoms with Gasteiger partial charge in [0.2, 0.25) is 5.88 Å². The number of pyridine rings is 1. The Hall–Kier alpha value is -5.92. The summed E-state index contributed by atoms with van der Waals surface area (Å²) in [6.07, 6.45) is 4.99. The van der Waals surface area contributed by atoms with Gasteiger partial charge in [-0.25, -0.2) is 13.1 Å². The number of hydrogen-bond acceptors (Lipinski definition) is 14. The predicted octanol–water partition coefficient (Wildman–Crippen LogP) is 6.98. The predicted molar refractivity (Wildman–Crippen MR) is 264 cm³/mol. The molecule has 4 aliphatic heterocycles. The molecule has 5 aliphatic rings. The van der Waals surface area contributed by atoms with E-state index in [1.165, 1.54) is 22.8 Å². The summed E-state index contributed by atoms with van der Waals surface area (Å²) < 4.78 is 42.6. The van der Waals surface area contributed by atoms with Crippen LogP contribution < -0.4 is 29.3 Å². The van der Waals surface area contributed by atoms with Crippen LogP contribution in [-0.4, -0.2) is 142 Å². The Bertz CT molecular complexity index is 2890. The number of piperazine rings is 2. The molecular weight excluding hydrogens is 908 g/mol. The molecule has 0 saturated carbocycles. The molecule has 17 nitrogen and oxygen atoms in total. The fourth-order valence-electron chi connectivity index (χ4n) is 10.1. The largest absolute Gasteiger partial charge is 0.489 e. The van der Waals surface area contributed by atoms with E-state index in [4.69, 9.17) is 26.1 Å². The second kappa shape index (κ2) is 18.5. The van der Waals surface area contributed by atoms with Gasteiger partial charge in [0.05, 0.1) is 33.7 Å². The van der Waals surface area contributed by atoms with Crippen LogP contribution >= 0.6 is 11.6 Å². The van der Waals surface area contributed by atoms with Crippen molar-refractivity contribution in [3.63, 3.8) is 0 Å². The number of ether oxygens (including phenoxy) is 2. The van der Waals surface area contributed by atoms with E-state index >= 15 is 0 Å². The number of hydrogen-bond donors (Lipinski definition) is 3. The summed E-state index contributed by atoms with van der Waals surface area (Å²) in [5, 5.41) is 17.3. The molecule has 0 radical (unpaired) electrons. The number of halogens is 1. The standard InChI is InChI=1S/C49H57ClN10O7S/c1-49(2)12-10-34(40(28-49)32-4-6-35(50)7-5-32)29-56-18-20-58(21-19-56)37-8-9-39(41(25-37)59-22-23-66-48-43(59)24-33-11-13-51-46(33)53-48)47(61)54-68(64,65)38-26-42(60(62)63)45-44(27-38)67-31-36(52-45)30-57-16-14-55(3)15-17-57/h4-9,11,13,24-27,36,52H,10,12,14-23,28-31H2,1-3H3,(H,51,53)(H,54,61). The minimum Gasteiger partial charge on any atom is -0.489 e. The number of allylic oxidation sites excluding steroid dienone is 1. The number of amides is 1. The molecule has 68 heavy (non-hydrogen) atoms. The summed E-state index contributed by atoms with van der Waals surface area (Å²) >= 11 is 6.28. The van der Waals surface area contributed by atoms with Crippen molar-refractivity contribution in [1.82, 2.24) is 29.4 Å². The van der Waals surface area contributed by atoms with Crippen LogP contribution in [0.15, 0.2) is 83.4 Å². The zero-order valence-corrected chi connectivity index (χ0v) is 40.2. The Morgan fingerprint density at radius 2 is 1.71 bits per heavy atom. The van der Waals surface area contributed by atoms with E-state index in [-0.39, 0.29) is 41.7 Å². The zero-order valence-electron chi connectivity index (χ0n) is 38.6. The number of likely N-dealkylation sites (N-methyl/N-ethyl adjacent to an activating group) is 1. The second-order valence-electron chi connectivity index (χ2n) is 19.4. The number of nitrogens with one attached hydrogen (secondary N) is 3. The van der Waals surface area contributed by atoms with Crippen molar-refractivity contribution in [3.05, 3.63) is 105 Å². The van der Waals surface area contributed by atoms with Crippen molar-refractivity contribution in [2.45, 2.75) is 44.0 Å². The highest BCUT2D eigenvalue weighted by Crippen LogP contribution is 2.45. The molecule has 1 unspecified atom stereocenters. The minimum absolute atomic E-state index is 0.0293. The SMILES string of the molecule is CN1CCN(CC2COc3cc(S(=O)(=O)NC(=O)c4ccc(N5CCN(CC6=C(c7ccc(Cl)cc7)CC(C)(C)CC6)CC5)cc4N4CCOc5nc6[nH]ccc6cc54)cc([N+](=O)[O-])c3N2)CC1. The van der Waals surface area contributed by atoms with E-state index in [1.807, 2.05) is 41.3 Å². The van der Waals surface area contributed by atoms with Crippen LogP contribution in [0.2, 0.25) is 5.02 Å². The normalized spacial score (nSPS) is 20.3. The number of nitrogens with zero attached hydrogens (tertiary/aromatic N) is 7. The Morgan fingerprint density at radius 3 is 2.47 bits per heavy atom. The third-order valence-electron chi connectivity index (χ3n) is 14.0. The van der Waals surface area contributed by atoms with Gasteiger partial charge in [0.25, 0.3) is 21.6 Å². The van der Waals surface area contributed by atoms with E-state index in [1.54, 1.807) is 12.3 Å². The van der Waals surface area contributed by atoms with Crippen molar-refractivity contribution >= 4 is 72.6 Å². The Balaban J connectivity index is 0.911. The highest BCUT2D eigenvalue weighted by Gasteiger charge is 2.35. The molecule has 1 amide bonds. The summed E-state index contributed by atoms with van der Waals surface area (Å²) in [6.45, 7) is 13.7. The smallest absolute Gasteiger partial charge is 0.297 e. The maximum atomic E-state index is 14.5. The highest BCUT2D eigenvalue weighted by atomic mass is 35.5. The molecule has 3 N–H and O–H groups in total. The summed E-state index contributed by atoms with van der Waals surface area (Å²) in [5.41, 5.74) is 6.72. The first kappa shape index (κ1) is 45.8. The summed E-state index contributed by atoms with van der Waals surface area (Å²) in [5.74, 6) is -0.489. The average molecular weight is 966 g/mol. The molecular formula is C49H57ClN10O7S. The molecule has 2 saturated heterocycles. The van der Waals surface area contributed by atoms with E-state index in [9.17, 15) is 23.3 Å². The lowest BCUT2D eigenvalue weighted by Gasteiger charge is -2.39.